The summed E-state index contributed by atoms with van der Waals surface area (Å²) in [5.74, 6) is 0.617. The molecule has 0 aliphatic rings. The molecule has 0 aliphatic carbocycles. The van der Waals surface area contributed by atoms with Crippen LogP contribution in [0.15, 0.2) is 53.2 Å². The number of nitrogens with zero attached hydrogens (tertiary/aromatic N) is 3. The molecule has 0 saturated carbocycles. The summed E-state index contributed by atoms with van der Waals surface area (Å²) in [6, 6.07) is 10.7. The van der Waals surface area contributed by atoms with Gasteiger partial charge in [-0.3, -0.25) is 9.78 Å². The molecule has 3 aromatic rings. The number of aromatic nitrogens is 3. The lowest BCUT2D eigenvalue weighted by molar-refractivity contribution is -0.120. The van der Waals surface area contributed by atoms with Crippen molar-refractivity contribution in [2.24, 2.45) is 0 Å². The van der Waals surface area contributed by atoms with Crippen molar-refractivity contribution < 1.29 is 9.21 Å². The third kappa shape index (κ3) is 4.14. The van der Waals surface area contributed by atoms with Gasteiger partial charge in [0.15, 0.2) is 0 Å². The molecule has 0 bridgehead atoms. The Morgan fingerprint density at radius 2 is 1.83 bits per heavy atom. The van der Waals surface area contributed by atoms with E-state index in [4.69, 9.17) is 16.0 Å². The second-order valence-electron chi connectivity index (χ2n) is 4.82. The molecule has 116 valence electrons. The van der Waals surface area contributed by atoms with E-state index >= 15 is 0 Å². The number of halogens is 1. The Hall–Kier alpha value is -2.73. The Labute approximate surface area is 137 Å². The molecule has 1 aromatic carbocycles. The van der Waals surface area contributed by atoms with Gasteiger partial charge in [0.25, 0.3) is 0 Å². The minimum atomic E-state index is -0.129. The topological polar surface area (TPSA) is 80.9 Å². The molecule has 0 aliphatic heterocycles. The van der Waals surface area contributed by atoms with Crippen molar-refractivity contribution in [3.05, 3.63) is 65.3 Å². The summed E-state index contributed by atoms with van der Waals surface area (Å²) >= 11 is 5.81. The Bertz CT molecular complexity index is 787. The summed E-state index contributed by atoms with van der Waals surface area (Å²) in [5, 5.41) is 11.3. The van der Waals surface area contributed by atoms with E-state index in [1.807, 2.05) is 12.1 Å². The summed E-state index contributed by atoms with van der Waals surface area (Å²) in [6.07, 6.45) is 3.56. The van der Waals surface area contributed by atoms with Crippen LogP contribution in [0.5, 0.6) is 0 Å². The van der Waals surface area contributed by atoms with Crippen LogP contribution in [0.4, 0.5) is 0 Å². The molecule has 7 heteroatoms. The van der Waals surface area contributed by atoms with Crippen LogP contribution < -0.4 is 5.32 Å². The maximum absolute atomic E-state index is 11.9. The molecule has 1 N–H and O–H groups in total. The van der Waals surface area contributed by atoms with E-state index in [2.05, 4.69) is 20.5 Å². The van der Waals surface area contributed by atoms with Crippen LogP contribution >= 0.6 is 11.6 Å². The van der Waals surface area contributed by atoms with Crippen LogP contribution in [-0.4, -0.2) is 21.1 Å². The third-order valence-electron chi connectivity index (χ3n) is 3.11. The van der Waals surface area contributed by atoms with Crippen LogP contribution in [-0.2, 0) is 17.8 Å². The number of hydrogen-bond acceptors (Lipinski definition) is 5. The maximum Gasteiger partial charge on any atom is 0.247 e. The quantitative estimate of drug-likeness (QED) is 0.778. The lowest BCUT2D eigenvalue weighted by Gasteiger charge is -2.03. The second-order valence-corrected chi connectivity index (χ2v) is 5.25. The van der Waals surface area contributed by atoms with Gasteiger partial charge in [-0.25, -0.2) is 0 Å². The number of nitrogens with one attached hydrogen (secondary N) is 1. The van der Waals surface area contributed by atoms with Gasteiger partial charge < -0.3 is 9.73 Å². The van der Waals surface area contributed by atoms with Crippen LogP contribution in [0.1, 0.15) is 11.5 Å². The van der Waals surface area contributed by atoms with E-state index in [0.29, 0.717) is 16.8 Å². The number of hydrogen-bond donors (Lipinski definition) is 1. The summed E-state index contributed by atoms with van der Waals surface area (Å²) in [5.41, 5.74) is 1.67. The first-order chi connectivity index (χ1) is 11.2. The monoisotopic (exact) mass is 328 g/mol. The smallest absolute Gasteiger partial charge is 0.247 e. The predicted octanol–water partition coefficient (Wildman–Crippen LogP) is 2.64. The van der Waals surface area contributed by atoms with Crippen molar-refractivity contribution >= 4 is 17.5 Å². The molecular formula is C16H13ClN4O2. The van der Waals surface area contributed by atoms with Gasteiger partial charge in [-0.2, -0.15) is 0 Å². The van der Waals surface area contributed by atoms with Gasteiger partial charge in [0.1, 0.15) is 0 Å². The Kier molecular flexibility index (Phi) is 4.63. The fourth-order valence-corrected chi connectivity index (χ4v) is 2.09. The molecule has 6 nitrogen and oxygen atoms in total. The minimum Gasteiger partial charge on any atom is -0.419 e. The van der Waals surface area contributed by atoms with Gasteiger partial charge in [0.05, 0.1) is 13.0 Å². The van der Waals surface area contributed by atoms with Crippen LogP contribution in [0.2, 0.25) is 5.02 Å². The van der Waals surface area contributed by atoms with E-state index in [-0.39, 0.29) is 18.9 Å². The normalized spacial score (nSPS) is 10.5. The highest BCUT2D eigenvalue weighted by Crippen LogP contribution is 2.16. The molecular weight excluding hydrogens is 316 g/mol. The molecule has 0 saturated heterocycles. The molecule has 3 rings (SSSR count). The summed E-state index contributed by atoms with van der Waals surface area (Å²) < 4.78 is 5.50. The van der Waals surface area contributed by atoms with Crippen molar-refractivity contribution in [3.63, 3.8) is 0 Å². The van der Waals surface area contributed by atoms with E-state index < -0.39 is 0 Å². The number of pyridine rings is 1. The molecule has 0 spiro atoms. The SMILES string of the molecule is O=C(Cc1ccc(Cl)cc1)NCc1nnc(-c2ccncc2)o1. The largest absolute Gasteiger partial charge is 0.419 e. The highest BCUT2D eigenvalue weighted by Gasteiger charge is 2.10. The fourth-order valence-electron chi connectivity index (χ4n) is 1.96. The average molecular weight is 329 g/mol. The molecule has 0 atom stereocenters. The molecule has 1 amide bonds. The number of carbonyl (C=O) groups is 1. The Morgan fingerprint density at radius 3 is 2.57 bits per heavy atom. The number of rotatable bonds is 5. The highest BCUT2D eigenvalue weighted by molar-refractivity contribution is 6.30. The van der Waals surface area contributed by atoms with Gasteiger partial charge in [-0.15, -0.1) is 10.2 Å². The van der Waals surface area contributed by atoms with Crippen molar-refractivity contribution in [2.75, 3.05) is 0 Å². The first-order valence-electron chi connectivity index (χ1n) is 6.94. The highest BCUT2D eigenvalue weighted by atomic mass is 35.5. The zero-order valence-corrected chi connectivity index (χ0v) is 12.8. The predicted molar refractivity (Wildman–Crippen MR) is 84.5 cm³/mol. The van der Waals surface area contributed by atoms with Crippen molar-refractivity contribution in [2.45, 2.75) is 13.0 Å². The van der Waals surface area contributed by atoms with Crippen LogP contribution in [0.25, 0.3) is 11.5 Å². The van der Waals surface area contributed by atoms with Gasteiger partial charge in [-0.1, -0.05) is 23.7 Å². The van der Waals surface area contributed by atoms with E-state index in [1.54, 1.807) is 36.7 Å². The summed E-state index contributed by atoms with van der Waals surface area (Å²) in [6.45, 7) is 0.185. The molecule has 23 heavy (non-hydrogen) atoms. The van der Waals surface area contributed by atoms with Gasteiger partial charge in [0.2, 0.25) is 17.7 Å². The van der Waals surface area contributed by atoms with Crippen LogP contribution in [0, 0.1) is 0 Å². The van der Waals surface area contributed by atoms with Crippen molar-refractivity contribution in [1.82, 2.24) is 20.5 Å². The van der Waals surface area contributed by atoms with E-state index in [1.165, 1.54) is 0 Å². The lowest BCUT2D eigenvalue weighted by atomic mass is 10.1. The van der Waals surface area contributed by atoms with Gasteiger partial charge >= 0.3 is 0 Å². The zero-order valence-electron chi connectivity index (χ0n) is 12.1. The second kappa shape index (κ2) is 7.02. The molecule has 0 fully saturated rings. The molecule has 2 aromatic heterocycles. The minimum absolute atomic E-state index is 0.129. The fraction of sp³-hybridized carbons (Fsp3) is 0.125. The first kappa shape index (κ1) is 15.2. The molecule has 2 heterocycles. The van der Waals surface area contributed by atoms with Crippen molar-refractivity contribution in [1.29, 1.82) is 0 Å². The van der Waals surface area contributed by atoms with Gasteiger partial charge in [0, 0.05) is 23.0 Å². The van der Waals surface area contributed by atoms with E-state index in [9.17, 15) is 4.79 Å². The van der Waals surface area contributed by atoms with Crippen molar-refractivity contribution in [3.8, 4) is 11.5 Å². The summed E-state index contributed by atoms with van der Waals surface area (Å²) in [7, 11) is 0. The molecule has 0 unspecified atom stereocenters. The number of benzene rings is 1. The first-order valence-corrected chi connectivity index (χ1v) is 7.32. The van der Waals surface area contributed by atoms with Gasteiger partial charge in [-0.05, 0) is 29.8 Å². The van der Waals surface area contributed by atoms with Crippen LogP contribution in [0.3, 0.4) is 0 Å². The van der Waals surface area contributed by atoms with E-state index in [0.717, 1.165) is 11.1 Å². The summed E-state index contributed by atoms with van der Waals surface area (Å²) in [4.78, 5) is 15.8. The maximum atomic E-state index is 11.9. The Morgan fingerprint density at radius 1 is 1.09 bits per heavy atom. The standard InChI is InChI=1S/C16H13ClN4O2/c17-13-3-1-11(2-4-13)9-14(22)19-10-15-20-21-16(23-15)12-5-7-18-8-6-12/h1-8H,9-10H2,(H,19,22). The number of carbonyl (C=O) groups excluding carboxylic acids is 1. The zero-order chi connectivity index (χ0) is 16.1. The molecule has 0 radical (unpaired) electrons. The third-order valence-corrected chi connectivity index (χ3v) is 3.36. The number of amides is 1. The average Bonchev–Trinajstić information content (AvgIpc) is 3.05. The lowest BCUT2D eigenvalue weighted by Crippen LogP contribution is -2.24. The Balaban J connectivity index is 1.55.